The zero-order chi connectivity index (χ0) is 26.9. The molecule has 0 aromatic heterocycles. The Hall–Kier alpha value is -3.53. The van der Waals surface area contributed by atoms with Crippen molar-refractivity contribution in [2.45, 2.75) is 19.8 Å². The van der Waals surface area contributed by atoms with Gasteiger partial charge < -0.3 is 0 Å². The number of hydrogen-bond acceptors (Lipinski definition) is 3. The van der Waals surface area contributed by atoms with Crippen molar-refractivity contribution >= 4 is 62.4 Å². The Balaban J connectivity index is 1.95. The molecule has 5 heteroatoms. The van der Waals surface area contributed by atoms with Gasteiger partial charge in [-0.15, -0.1) is 0 Å². The first-order chi connectivity index (χ1) is 19.1. The summed E-state index contributed by atoms with van der Waals surface area (Å²) in [7, 11) is -1.98. The summed E-state index contributed by atoms with van der Waals surface area (Å²) in [5.74, 6) is 0. The summed E-state index contributed by atoms with van der Waals surface area (Å²) in [5.41, 5.74) is 0. The molecular formula is C34H32BO3P. The quantitative estimate of drug-likeness (QED) is 0.171. The molecule has 0 bridgehead atoms. The van der Waals surface area contributed by atoms with Crippen LogP contribution in [0.15, 0.2) is 127 Å². The summed E-state index contributed by atoms with van der Waals surface area (Å²) in [5, 5.41) is 31.4. The van der Waals surface area contributed by atoms with E-state index in [2.05, 4.69) is 116 Å². The molecule has 0 unspecified atom stereocenters. The van der Waals surface area contributed by atoms with Crippen molar-refractivity contribution in [3.05, 3.63) is 127 Å². The third-order valence-electron chi connectivity index (χ3n) is 8.09. The zero-order valence-electron chi connectivity index (χ0n) is 22.1. The van der Waals surface area contributed by atoms with Gasteiger partial charge in [-0.2, -0.15) is 0 Å². The molecule has 0 amide bonds. The molecule has 0 atom stereocenters. The van der Waals surface area contributed by atoms with E-state index in [1.54, 1.807) is 0 Å². The second-order valence-corrected chi connectivity index (χ2v) is 14.7. The first kappa shape index (κ1) is 25.7. The Morgan fingerprint density at radius 1 is 0.538 bits per heavy atom. The SMILES string of the molecule is CCCCP(OB(O)O)(c1cccc2ccccc12)(c1cccc2ccccc12)c1cccc2ccccc12. The Bertz CT molecular complexity index is 1590. The van der Waals surface area contributed by atoms with Crippen molar-refractivity contribution in [1.82, 2.24) is 0 Å². The monoisotopic (exact) mass is 530 g/mol. The van der Waals surface area contributed by atoms with Crippen LogP contribution in [0.5, 0.6) is 0 Å². The van der Waals surface area contributed by atoms with Crippen LogP contribution in [0.25, 0.3) is 32.3 Å². The van der Waals surface area contributed by atoms with E-state index in [9.17, 15) is 10.0 Å². The fourth-order valence-electron chi connectivity index (χ4n) is 6.50. The molecule has 0 fully saturated rings. The number of fused-ring (bicyclic) bond motifs is 3. The molecule has 0 radical (unpaired) electrons. The van der Waals surface area contributed by atoms with E-state index in [1.165, 1.54) is 0 Å². The molecule has 39 heavy (non-hydrogen) atoms. The van der Waals surface area contributed by atoms with Gasteiger partial charge in [-0.25, -0.2) is 0 Å². The summed E-state index contributed by atoms with van der Waals surface area (Å²) >= 11 is 0. The first-order valence-corrected chi connectivity index (χ1v) is 15.9. The fraction of sp³-hybridized carbons (Fsp3) is 0.118. The molecule has 0 saturated carbocycles. The van der Waals surface area contributed by atoms with Gasteiger partial charge in [0.05, 0.1) is 0 Å². The van der Waals surface area contributed by atoms with Crippen molar-refractivity contribution in [2.24, 2.45) is 0 Å². The van der Waals surface area contributed by atoms with Gasteiger partial charge in [-0.1, -0.05) is 0 Å². The van der Waals surface area contributed by atoms with E-state index in [0.717, 1.165) is 61.1 Å². The van der Waals surface area contributed by atoms with Gasteiger partial charge in [0.15, 0.2) is 0 Å². The standard InChI is InChI=1S/C34H32BO3P/c1-2-3-25-39(38-35(36)37,32-22-10-16-26-13-4-7-19-29(26)32,33-23-11-17-27-14-5-8-20-30(27)33)34-24-12-18-28-15-6-9-21-31(28)34/h4-24,36-37H,2-3,25H2,1H3. The Morgan fingerprint density at radius 3 is 1.26 bits per heavy atom. The van der Waals surface area contributed by atoms with E-state index in [1.807, 2.05) is 18.2 Å². The Morgan fingerprint density at radius 2 is 0.897 bits per heavy atom. The summed E-state index contributed by atoms with van der Waals surface area (Å²) in [6.07, 6.45) is 2.42. The minimum absolute atomic E-state index is 0.635. The van der Waals surface area contributed by atoms with Gasteiger partial charge in [0.1, 0.15) is 0 Å². The van der Waals surface area contributed by atoms with Crippen LogP contribution in [0.3, 0.4) is 0 Å². The van der Waals surface area contributed by atoms with Crippen LogP contribution in [-0.2, 0) is 4.44 Å². The molecule has 194 valence electrons. The number of hydrogen-bond donors (Lipinski definition) is 2. The van der Waals surface area contributed by atoms with Crippen LogP contribution < -0.4 is 15.9 Å². The van der Waals surface area contributed by atoms with E-state index in [-0.39, 0.29) is 0 Å². The number of unbranched alkanes of at least 4 members (excludes halogenated alkanes) is 1. The van der Waals surface area contributed by atoms with Crippen LogP contribution in [0.2, 0.25) is 0 Å². The van der Waals surface area contributed by atoms with Crippen LogP contribution in [-0.4, -0.2) is 23.5 Å². The molecule has 6 rings (SSSR count). The van der Waals surface area contributed by atoms with E-state index < -0.39 is 14.2 Å². The van der Waals surface area contributed by atoms with Gasteiger partial charge in [0.25, 0.3) is 0 Å². The third kappa shape index (κ3) is 3.99. The fourth-order valence-corrected chi connectivity index (χ4v) is 13.1. The summed E-state index contributed by atoms with van der Waals surface area (Å²) in [4.78, 5) is 0. The maximum atomic E-state index is 10.9. The summed E-state index contributed by atoms with van der Waals surface area (Å²) < 4.78 is 6.95. The Labute approximate surface area is 229 Å². The number of rotatable bonds is 8. The maximum absolute atomic E-state index is 10.9. The molecule has 6 aromatic carbocycles. The molecule has 0 aliphatic rings. The zero-order valence-corrected chi connectivity index (χ0v) is 23.0. The van der Waals surface area contributed by atoms with Gasteiger partial charge in [-0.3, -0.25) is 0 Å². The van der Waals surface area contributed by atoms with Crippen molar-refractivity contribution in [3.63, 3.8) is 0 Å². The van der Waals surface area contributed by atoms with Crippen molar-refractivity contribution in [1.29, 1.82) is 0 Å². The van der Waals surface area contributed by atoms with E-state index in [0.29, 0.717) is 6.16 Å². The molecule has 0 aliphatic heterocycles. The molecular weight excluding hydrogens is 498 g/mol. The van der Waals surface area contributed by atoms with Gasteiger partial charge in [-0.05, 0) is 0 Å². The molecule has 6 aromatic rings. The molecule has 0 saturated heterocycles. The van der Waals surface area contributed by atoms with Crippen LogP contribution in [0.4, 0.5) is 0 Å². The minimum atomic E-state index is -4.09. The van der Waals surface area contributed by atoms with Crippen LogP contribution in [0.1, 0.15) is 19.8 Å². The first-order valence-electron chi connectivity index (χ1n) is 13.6. The van der Waals surface area contributed by atoms with E-state index in [4.69, 9.17) is 4.44 Å². The number of benzene rings is 6. The van der Waals surface area contributed by atoms with E-state index >= 15 is 0 Å². The average Bonchev–Trinajstić information content (AvgIpc) is 2.98. The van der Waals surface area contributed by atoms with Gasteiger partial charge >= 0.3 is 230 Å². The van der Waals surface area contributed by atoms with Crippen molar-refractivity contribution < 1.29 is 14.5 Å². The van der Waals surface area contributed by atoms with Gasteiger partial charge in [0.2, 0.25) is 0 Å². The van der Waals surface area contributed by atoms with Gasteiger partial charge in [0, 0.05) is 0 Å². The van der Waals surface area contributed by atoms with Crippen LogP contribution >= 0.6 is 6.83 Å². The van der Waals surface area contributed by atoms with Crippen LogP contribution in [0, 0.1) is 0 Å². The average molecular weight is 530 g/mol. The predicted molar refractivity (Wildman–Crippen MR) is 169 cm³/mol. The second-order valence-electron chi connectivity index (χ2n) is 10.2. The topological polar surface area (TPSA) is 49.7 Å². The summed E-state index contributed by atoms with van der Waals surface area (Å²) in [6.45, 7) is -1.92. The Kier molecular flexibility index (Phi) is 6.75. The van der Waals surface area contributed by atoms with Crippen molar-refractivity contribution in [3.8, 4) is 0 Å². The molecule has 0 spiro atoms. The normalized spacial score (nSPS) is 12.9. The molecule has 0 aliphatic carbocycles. The van der Waals surface area contributed by atoms with Crippen molar-refractivity contribution in [2.75, 3.05) is 6.16 Å². The molecule has 3 nitrogen and oxygen atoms in total. The summed E-state index contributed by atoms with van der Waals surface area (Å²) in [6, 6.07) is 44.1. The second kappa shape index (κ2) is 10.2. The molecule has 0 heterocycles. The third-order valence-corrected chi connectivity index (χ3v) is 14.1. The molecule has 2 N–H and O–H groups in total. The predicted octanol–water partition coefficient (Wildman–Crippen LogP) is 6.68.